The van der Waals surface area contributed by atoms with Crippen molar-refractivity contribution in [3.63, 3.8) is 0 Å². The Bertz CT molecular complexity index is 3150. The summed E-state index contributed by atoms with van der Waals surface area (Å²) < 4.78 is 31.0. The van der Waals surface area contributed by atoms with Crippen molar-refractivity contribution < 1.29 is 25.2 Å². The predicted octanol–water partition coefficient (Wildman–Crippen LogP) is 11.5. The Morgan fingerprint density at radius 2 is 1.24 bits per heavy atom. The Morgan fingerprint density at radius 1 is 0.582 bits per heavy atom. The summed E-state index contributed by atoms with van der Waals surface area (Å²) in [5.74, 6) is 0.532. The molecule has 4 nitrogen and oxygen atoms in total. The van der Waals surface area contributed by atoms with E-state index >= 15 is 0 Å². The van der Waals surface area contributed by atoms with Crippen molar-refractivity contribution in [3.05, 3.63) is 222 Å². The van der Waals surface area contributed by atoms with Gasteiger partial charge in [-0.2, -0.15) is 34.9 Å². The molecule has 11 rings (SSSR count). The molecule has 10 aromatic rings. The second-order valence-electron chi connectivity index (χ2n) is 13.9. The third-order valence-electron chi connectivity index (χ3n) is 11.0. The fourth-order valence-corrected chi connectivity index (χ4v) is 8.76. The fraction of sp³-hybridized carbons (Fsp3) is 0.0400. The smallest absolute Gasteiger partial charge is 0.168 e. The molecule has 3 heterocycles. The van der Waals surface area contributed by atoms with E-state index in [4.69, 9.17) is 9.10 Å². The molecule has 5 heteroatoms. The summed E-state index contributed by atoms with van der Waals surface area (Å²) in [5, 5.41) is 2.05. The standard InChI is InChI=1S/C50H33N4.Pt/c1-34-28-29-51-49(30-34)54-45-23-10-7-20-41(45)42-27-26-36(32-48(42)54)50(43-21-8-5-18-39(43)40-19-6-9-22-44(40)50)35-14-13-17-38(31-35)53-33-52(37-15-3-2-4-16-37)46-24-11-12-25-47(46)53;/h2-30,33H,1H3;/q-1;/i1D3;. The van der Waals surface area contributed by atoms with Crippen LogP contribution in [0.4, 0.5) is 0 Å². The zero-order valence-corrected chi connectivity index (χ0v) is 31.7. The van der Waals surface area contributed by atoms with Crippen molar-refractivity contribution in [1.82, 2.24) is 18.7 Å². The number of pyridine rings is 1. The molecule has 7 aromatic carbocycles. The number of aryl methyl sites for hydroxylation is 1. The van der Waals surface area contributed by atoms with Gasteiger partial charge < -0.3 is 4.57 Å². The van der Waals surface area contributed by atoms with E-state index in [1.807, 2.05) is 18.2 Å². The second kappa shape index (κ2) is 12.9. The van der Waals surface area contributed by atoms with E-state index in [1.165, 1.54) is 11.1 Å². The summed E-state index contributed by atoms with van der Waals surface area (Å²) in [6.07, 6.45) is 3.73. The zero-order chi connectivity index (χ0) is 38.3. The maximum Gasteiger partial charge on any atom is 0.168 e. The first-order valence-corrected chi connectivity index (χ1v) is 18.1. The van der Waals surface area contributed by atoms with Gasteiger partial charge in [0.1, 0.15) is 11.5 Å². The van der Waals surface area contributed by atoms with Gasteiger partial charge in [0.15, 0.2) is 17.4 Å². The number of hydrogen-bond acceptors (Lipinski definition) is 1. The van der Waals surface area contributed by atoms with Gasteiger partial charge in [0.05, 0.1) is 0 Å². The number of nitrogens with zero attached hydrogens (tertiary/aromatic N) is 4. The Labute approximate surface area is 338 Å². The minimum absolute atomic E-state index is 0. The molecule has 0 unspecified atom stereocenters. The van der Waals surface area contributed by atoms with Gasteiger partial charge in [-0.1, -0.05) is 103 Å². The van der Waals surface area contributed by atoms with Crippen LogP contribution in [0.1, 0.15) is 31.9 Å². The molecule has 0 radical (unpaired) electrons. The Balaban J connectivity index is 0.00000408. The number of benzene rings is 7. The largest absolute Gasteiger partial charge is 0.319 e. The van der Waals surface area contributed by atoms with Crippen LogP contribution < -0.4 is 0 Å². The van der Waals surface area contributed by atoms with E-state index in [0.29, 0.717) is 5.82 Å². The van der Waals surface area contributed by atoms with Crippen molar-refractivity contribution in [2.45, 2.75) is 12.3 Å². The van der Waals surface area contributed by atoms with Crippen LogP contribution in [0.25, 0.3) is 61.2 Å². The van der Waals surface area contributed by atoms with E-state index in [1.54, 1.807) is 18.3 Å². The monoisotopic (exact) mass is 887 g/mol. The molecule has 0 atom stereocenters. The Hall–Kier alpha value is -6.35. The van der Waals surface area contributed by atoms with E-state index in [9.17, 15) is 0 Å². The van der Waals surface area contributed by atoms with Gasteiger partial charge in [0.2, 0.25) is 0 Å². The summed E-state index contributed by atoms with van der Waals surface area (Å²) in [4.78, 5) is 4.75. The van der Waals surface area contributed by atoms with Crippen molar-refractivity contribution in [2.24, 2.45) is 0 Å². The van der Waals surface area contributed by atoms with Gasteiger partial charge in [0, 0.05) is 60.1 Å². The van der Waals surface area contributed by atoms with Crippen LogP contribution in [0.5, 0.6) is 0 Å². The third-order valence-corrected chi connectivity index (χ3v) is 11.0. The first-order chi connectivity index (χ1) is 27.9. The van der Waals surface area contributed by atoms with Crippen LogP contribution in [0.3, 0.4) is 0 Å². The molecule has 0 spiro atoms. The minimum atomic E-state index is -2.28. The summed E-state index contributed by atoms with van der Waals surface area (Å²) in [5.41, 5.74) is 11.9. The molecule has 0 saturated heterocycles. The maximum atomic E-state index is 8.18. The van der Waals surface area contributed by atoms with Crippen molar-refractivity contribution in [2.75, 3.05) is 0 Å². The molecule has 264 valence electrons. The Kier molecular flexibility index (Phi) is 7.04. The number of aromatic nitrogens is 4. The van der Waals surface area contributed by atoms with Crippen LogP contribution in [-0.4, -0.2) is 18.7 Å². The molecule has 0 fully saturated rings. The van der Waals surface area contributed by atoms with Crippen molar-refractivity contribution in [3.8, 4) is 28.3 Å². The summed E-state index contributed by atoms with van der Waals surface area (Å²) in [7, 11) is 0. The molecule has 0 saturated carbocycles. The van der Waals surface area contributed by atoms with Crippen LogP contribution in [0.15, 0.2) is 182 Å². The minimum Gasteiger partial charge on any atom is -0.319 e. The summed E-state index contributed by atoms with van der Waals surface area (Å²) >= 11 is 0. The van der Waals surface area contributed by atoms with Gasteiger partial charge in [-0.15, -0.1) is 28.6 Å². The van der Waals surface area contributed by atoms with E-state index < -0.39 is 12.3 Å². The maximum absolute atomic E-state index is 8.18. The molecule has 0 N–H and O–H groups in total. The number of fused-ring (bicyclic) bond motifs is 7. The Morgan fingerprint density at radius 3 is 2.00 bits per heavy atom. The normalized spacial score (nSPS) is 13.9. The van der Waals surface area contributed by atoms with Gasteiger partial charge in [0.25, 0.3) is 0 Å². The fourth-order valence-electron chi connectivity index (χ4n) is 8.76. The van der Waals surface area contributed by atoms with Gasteiger partial charge in [-0.05, 0) is 70.4 Å². The van der Waals surface area contributed by atoms with Crippen molar-refractivity contribution in [1.29, 1.82) is 0 Å². The molecule has 0 aliphatic heterocycles. The molecule has 0 bridgehead atoms. The predicted molar refractivity (Wildman–Crippen MR) is 219 cm³/mol. The average molecular weight is 888 g/mol. The van der Waals surface area contributed by atoms with Crippen LogP contribution in [-0.2, 0) is 26.5 Å². The van der Waals surface area contributed by atoms with Gasteiger partial charge in [-0.3, -0.25) is 0 Å². The molecule has 1 aliphatic rings. The number of para-hydroxylation sites is 4. The summed E-state index contributed by atoms with van der Waals surface area (Å²) in [6, 6.07) is 66.4. The van der Waals surface area contributed by atoms with Gasteiger partial charge in [-0.25, -0.2) is 9.55 Å². The molecule has 1 aliphatic carbocycles. The summed E-state index contributed by atoms with van der Waals surface area (Å²) in [6.45, 7) is -2.28. The third kappa shape index (κ3) is 4.88. The van der Waals surface area contributed by atoms with E-state index in [0.717, 1.165) is 66.5 Å². The quantitative estimate of drug-likeness (QED) is 0.158. The first kappa shape index (κ1) is 30.0. The van der Waals surface area contributed by atoms with Crippen molar-refractivity contribution >= 4 is 32.8 Å². The zero-order valence-electron chi connectivity index (χ0n) is 32.4. The van der Waals surface area contributed by atoms with E-state index in [2.05, 4.69) is 172 Å². The molecular weight excluding hydrogens is 852 g/mol. The topological polar surface area (TPSA) is 27.7 Å². The molecule has 55 heavy (non-hydrogen) atoms. The first-order valence-electron chi connectivity index (χ1n) is 19.6. The van der Waals surface area contributed by atoms with Gasteiger partial charge >= 0.3 is 0 Å². The van der Waals surface area contributed by atoms with Crippen LogP contribution in [0.2, 0.25) is 0 Å². The van der Waals surface area contributed by atoms with Crippen LogP contribution >= 0.6 is 0 Å². The second-order valence-corrected chi connectivity index (χ2v) is 13.9. The number of rotatable bonds is 5. The SMILES string of the molecule is [2H]C([2H])([2H])c1ccnc(-n2c3[c-]c(C4(c5[c-]c(-n6[cH+]n(-c7ccccc7)c7ccccc76)ccc5)c5ccccc5-c5ccccc54)ccc3c3ccccc32)c1.[Pt]. The molecule has 3 aromatic heterocycles. The number of imidazole rings is 1. The van der Waals surface area contributed by atoms with Crippen LogP contribution in [0, 0.1) is 19.0 Å². The van der Waals surface area contributed by atoms with E-state index in [-0.39, 0.29) is 26.6 Å². The molecule has 0 amide bonds. The average Bonchev–Trinajstić information content (AvgIpc) is 3.91. The molecular formula is C50H33N4Pt-. The number of hydrogen-bond donors (Lipinski definition) is 0.